The van der Waals surface area contributed by atoms with Crippen molar-refractivity contribution >= 4 is 11.6 Å². The van der Waals surface area contributed by atoms with Gasteiger partial charge >= 0.3 is 0 Å². The quantitative estimate of drug-likeness (QED) is 0.561. The molecule has 2 N–H and O–H groups in total. The van der Waals surface area contributed by atoms with Gasteiger partial charge in [-0.15, -0.1) is 0 Å². The molecule has 0 aromatic heterocycles. The number of nitrogens with zero attached hydrogens (tertiary/aromatic N) is 1. The summed E-state index contributed by atoms with van der Waals surface area (Å²) in [5.41, 5.74) is 5.71. The van der Waals surface area contributed by atoms with E-state index in [4.69, 9.17) is 10.5 Å². The summed E-state index contributed by atoms with van der Waals surface area (Å²) in [4.78, 5) is 20.9. The van der Waals surface area contributed by atoms with Crippen molar-refractivity contribution < 1.29 is 14.5 Å². The van der Waals surface area contributed by atoms with E-state index in [0.717, 1.165) is 0 Å². The standard InChI is InChI=1S/C9H8N2O4/c10-9(12)8-4-5-3-6(11(13)14)1-2-7(5)15-8/h1-3,8H,4H2,(H2,10,12). The summed E-state index contributed by atoms with van der Waals surface area (Å²) in [5.74, 6) is -0.0711. The van der Waals surface area contributed by atoms with Gasteiger partial charge < -0.3 is 10.5 Å². The van der Waals surface area contributed by atoms with Gasteiger partial charge in [0.1, 0.15) is 5.75 Å². The van der Waals surface area contributed by atoms with Crippen LogP contribution in [-0.4, -0.2) is 16.9 Å². The lowest BCUT2D eigenvalue weighted by Gasteiger charge is -2.03. The fraction of sp³-hybridized carbons (Fsp3) is 0.222. The van der Waals surface area contributed by atoms with Crippen LogP contribution in [0.2, 0.25) is 0 Å². The van der Waals surface area contributed by atoms with Crippen molar-refractivity contribution in [3.8, 4) is 5.75 Å². The van der Waals surface area contributed by atoms with Crippen LogP contribution in [0.4, 0.5) is 5.69 Å². The Bertz CT molecular complexity index is 444. The minimum Gasteiger partial charge on any atom is -0.480 e. The summed E-state index contributed by atoms with van der Waals surface area (Å²) in [6, 6.07) is 4.22. The molecule has 6 heteroatoms. The van der Waals surface area contributed by atoms with Crippen LogP contribution >= 0.6 is 0 Å². The molecule has 0 spiro atoms. The third-order valence-electron chi connectivity index (χ3n) is 2.25. The predicted molar refractivity (Wildman–Crippen MR) is 50.4 cm³/mol. The van der Waals surface area contributed by atoms with Gasteiger partial charge in [-0.25, -0.2) is 0 Å². The third kappa shape index (κ3) is 1.61. The molecule has 1 amide bonds. The van der Waals surface area contributed by atoms with Crippen LogP contribution < -0.4 is 10.5 Å². The van der Waals surface area contributed by atoms with Crippen LogP contribution in [0.3, 0.4) is 0 Å². The Hall–Kier alpha value is -2.11. The third-order valence-corrected chi connectivity index (χ3v) is 2.25. The molecular weight excluding hydrogens is 200 g/mol. The number of hydrogen-bond acceptors (Lipinski definition) is 4. The van der Waals surface area contributed by atoms with Gasteiger partial charge in [0.15, 0.2) is 6.10 Å². The van der Waals surface area contributed by atoms with E-state index in [2.05, 4.69) is 0 Å². The molecule has 2 rings (SSSR count). The Balaban J connectivity index is 2.31. The zero-order valence-corrected chi connectivity index (χ0v) is 7.67. The molecule has 15 heavy (non-hydrogen) atoms. The molecule has 0 aliphatic carbocycles. The number of amides is 1. The molecule has 1 aromatic carbocycles. The van der Waals surface area contributed by atoms with Crippen molar-refractivity contribution in [2.24, 2.45) is 5.73 Å². The van der Waals surface area contributed by atoms with Crippen molar-refractivity contribution in [1.29, 1.82) is 0 Å². The summed E-state index contributed by atoms with van der Waals surface area (Å²) >= 11 is 0. The zero-order valence-electron chi connectivity index (χ0n) is 7.67. The smallest absolute Gasteiger partial charge is 0.269 e. The number of benzene rings is 1. The maximum Gasteiger partial charge on any atom is 0.269 e. The number of ether oxygens (including phenoxy) is 1. The molecule has 1 unspecified atom stereocenters. The first-order valence-corrected chi connectivity index (χ1v) is 4.31. The summed E-state index contributed by atoms with van der Waals surface area (Å²) in [6.45, 7) is 0. The fourth-order valence-corrected chi connectivity index (χ4v) is 1.51. The summed E-state index contributed by atoms with van der Waals surface area (Å²) in [7, 11) is 0. The Kier molecular flexibility index (Phi) is 2.03. The van der Waals surface area contributed by atoms with Gasteiger partial charge in [-0.1, -0.05) is 0 Å². The molecule has 1 aromatic rings. The number of nitro benzene ring substituents is 1. The lowest BCUT2D eigenvalue weighted by molar-refractivity contribution is -0.384. The number of rotatable bonds is 2. The molecule has 0 saturated carbocycles. The van der Waals surface area contributed by atoms with E-state index in [1.54, 1.807) is 0 Å². The number of carbonyl (C=O) groups is 1. The summed E-state index contributed by atoms with van der Waals surface area (Å²) in [6.07, 6.45) is -0.409. The summed E-state index contributed by atoms with van der Waals surface area (Å²) in [5, 5.41) is 10.5. The molecule has 0 saturated heterocycles. The molecule has 0 radical (unpaired) electrons. The van der Waals surface area contributed by atoms with Gasteiger partial charge in [-0.05, 0) is 6.07 Å². The van der Waals surface area contributed by atoms with E-state index in [1.807, 2.05) is 0 Å². The van der Waals surface area contributed by atoms with Gasteiger partial charge in [0.2, 0.25) is 0 Å². The van der Waals surface area contributed by atoms with Gasteiger partial charge in [-0.3, -0.25) is 14.9 Å². The van der Waals surface area contributed by atoms with Crippen molar-refractivity contribution in [1.82, 2.24) is 0 Å². The molecular formula is C9H8N2O4. The molecule has 1 atom stereocenters. The second-order valence-electron chi connectivity index (χ2n) is 3.26. The number of primary amides is 1. The lowest BCUT2D eigenvalue weighted by Crippen LogP contribution is -2.31. The topological polar surface area (TPSA) is 95.5 Å². The average Bonchev–Trinajstić information content (AvgIpc) is 2.59. The lowest BCUT2D eigenvalue weighted by atomic mass is 10.1. The Morgan fingerprint density at radius 3 is 2.93 bits per heavy atom. The molecule has 1 aliphatic heterocycles. The number of nitro groups is 1. The SMILES string of the molecule is NC(=O)C1Cc2cc([N+](=O)[O-])ccc2O1. The minimum atomic E-state index is -0.706. The normalized spacial score (nSPS) is 18.0. The van der Waals surface area contributed by atoms with Crippen LogP contribution in [0.15, 0.2) is 18.2 Å². The predicted octanol–water partition coefficient (Wildman–Crippen LogP) is 0.384. The largest absolute Gasteiger partial charge is 0.480 e. The van der Waals surface area contributed by atoms with E-state index in [1.165, 1.54) is 18.2 Å². The maximum absolute atomic E-state index is 10.9. The number of hydrogen-bond donors (Lipinski definition) is 1. The average molecular weight is 208 g/mol. The zero-order chi connectivity index (χ0) is 11.0. The van der Waals surface area contributed by atoms with Gasteiger partial charge in [0.25, 0.3) is 11.6 Å². The number of carbonyl (C=O) groups excluding carboxylic acids is 1. The van der Waals surface area contributed by atoms with Crippen LogP contribution in [0.25, 0.3) is 0 Å². The van der Waals surface area contributed by atoms with Crippen LogP contribution in [-0.2, 0) is 11.2 Å². The van der Waals surface area contributed by atoms with E-state index < -0.39 is 16.9 Å². The molecule has 0 bridgehead atoms. The summed E-state index contributed by atoms with van der Waals surface area (Å²) < 4.78 is 5.21. The first kappa shape index (κ1) is 9.45. The molecule has 6 nitrogen and oxygen atoms in total. The molecule has 78 valence electrons. The van der Waals surface area contributed by atoms with Crippen LogP contribution in [0, 0.1) is 10.1 Å². The highest BCUT2D eigenvalue weighted by atomic mass is 16.6. The highest BCUT2D eigenvalue weighted by molar-refractivity contribution is 5.80. The number of fused-ring (bicyclic) bond motifs is 1. The highest BCUT2D eigenvalue weighted by Gasteiger charge is 2.28. The first-order valence-electron chi connectivity index (χ1n) is 4.31. The molecule has 1 aliphatic rings. The van der Waals surface area contributed by atoms with Crippen molar-refractivity contribution in [3.05, 3.63) is 33.9 Å². The van der Waals surface area contributed by atoms with Crippen LogP contribution in [0.1, 0.15) is 5.56 Å². The van der Waals surface area contributed by atoms with E-state index >= 15 is 0 Å². The monoisotopic (exact) mass is 208 g/mol. The van der Waals surface area contributed by atoms with Crippen LogP contribution in [0.5, 0.6) is 5.75 Å². The van der Waals surface area contributed by atoms with Crippen molar-refractivity contribution in [2.45, 2.75) is 12.5 Å². The fourth-order valence-electron chi connectivity index (χ4n) is 1.51. The Morgan fingerprint density at radius 2 is 2.33 bits per heavy atom. The van der Waals surface area contributed by atoms with Gasteiger partial charge in [0.05, 0.1) is 4.92 Å². The second kappa shape index (κ2) is 3.23. The van der Waals surface area contributed by atoms with Crippen molar-refractivity contribution in [2.75, 3.05) is 0 Å². The van der Waals surface area contributed by atoms with Crippen molar-refractivity contribution in [3.63, 3.8) is 0 Å². The van der Waals surface area contributed by atoms with Gasteiger partial charge in [0, 0.05) is 24.1 Å². The minimum absolute atomic E-state index is 0.0116. The maximum atomic E-state index is 10.9. The number of nitrogens with two attached hydrogens (primary N) is 1. The number of non-ortho nitro benzene ring substituents is 1. The molecule has 1 heterocycles. The highest BCUT2D eigenvalue weighted by Crippen LogP contribution is 2.31. The van der Waals surface area contributed by atoms with E-state index in [0.29, 0.717) is 17.7 Å². The van der Waals surface area contributed by atoms with E-state index in [9.17, 15) is 14.9 Å². The second-order valence-corrected chi connectivity index (χ2v) is 3.26. The molecule has 0 fully saturated rings. The first-order chi connectivity index (χ1) is 7.08. The Morgan fingerprint density at radius 1 is 1.60 bits per heavy atom. The van der Waals surface area contributed by atoms with E-state index in [-0.39, 0.29) is 5.69 Å². The Labute approximate surface area is 84.8 Å². The van der Waals surface area contributed by atoms with Gasteiger partial charge in [-0.2, -0.15) is 0 Å².